The lowest BCUT2D eigenvalue weighted by Crippen LogP contribution is -2.72. The molecule has 7 heteroatoms. The van der Waals surface area contributed by atoms with Gasteiger partial charge in [-0.2, -0.15) is 0 Å². The van der Waals surface area contributed by atoms with Gasteiger partial charge in [0.15, 0.2) is 12.1 Å². The van der Waals surface area contributed by atoms with E-state index in [1.54, 1.807) is 6.92 Å². The van der Waals surface area contributed by atoms with Crippen LogP contribution in [0.3, 0.4) is 0 Å². The van der Waals surface area contributed by atoms with E-state index in [1.165, 1.54) is 4.90 Å². The quantitative estimate of drug-likeness (QED) is 0.155. The average molecular weight is 503 g/mol. The molecule has 0 radical (unpaired) electrons. The lowest BCUT2D eigenvalue weighted by atomic mass is 9.98. The zero-order valence-electron chi connectivity index (χ0n) is 19.8. The number of ether oxygens (including phenoxy) is 1. The van der Waals surface area contributed by atoms with Crippen LogP contribution in [0, 0.1) is 0 Å². The number of likely N-dealkylation sites (tertiary alicyclic amines) is 1. The Morgan fingerprint density at radius 2 is 1.44 bits per heavy atom. The fourth-order valence-corrected chi connectivity index (χ4v) is 4.58. The highest BCUT2D eigenvalue weighted by Crippen LogP contribution is 2.32. The van der Waals surface area contributed by atoms with Crippen molar-refractivity contribution in [1.82, 2.24) is 10.2 Å². The lowest BCUT2D eigenvalue weighted by Gasteiger charge is -2.47. The monoisotopic (exact) mass is 502 g/mol. The molecule has 0 bridgehead atoms. The number of halogens is 1. The third-order valence-electron chi connectivity index (χ3n) is 5.99. The first-order valence-electron chi connectivity index (χ1n) is 11.6. The van der Waals surface area contributed by atoms with Gasteiger partial charge in [-0.25, -0.2) is 4.79 Å². The maximum Gasteiger partial charge on any atom is 0.334 e. The molecule has 1 aliphatic rings. The van der Waals surface area contributed by atoms with Crippen LogP contribution < -0.4 is 5.32 Å². The number of carbonyl (C=O) groups excluding carboxylic acids is 3. The average Bonchev–Trinajstić information content (AvgIpc) is 2.90. The Morgan fingerprint density at radius 3 is 1.92 bits per heavy atom. The molecular weight excluding hydrogens is 476 g/mol. The van der Waals surface area contributed by atoms with Crippen LogP contribution in [0.25, 0.3) is 0 Å². The number of esters is 1. The molecule has 4 rings (SSSR count). The highest BCUT2D eigenvalue weighted by molar-refractivity contribution is 6.27. The first-order chi connectivity index (χ1) is 17.4. The molecule has 0 aliphatic carbocycles. The molecule has 2 amide bonds. The van der Waals surface area contributed by atoms with E-state index < -0.39 is 35.6 Å². The fourth-order valence-electron chi connectivity index (χ4n) is 4.20. The van der Waals surface area contributed by atoms with E-state index >= 15 is 0 Å². The van der Waals surface area contributed by atoms with Crippen LogP contribution in [-0.2, 0) is 25.5 Å². The Balaban J connectivity index is 1.48. The van der Waals surface area contributed by atoms with Crippen molar-refractivity contribution < 1.29 is 19.1 Å². The predicted molar refractivity (Wildman–Crippen MR) is 138 cm³/mol. The van der Waals surface area contributed by atoms with Crippen molar-refractivity contribution in [2.24, 2.45) is 0 Å². The van der Waals surface area contributed by atoms with E-state index in [-0.39, 0.29) is 12.3 Å². The van der Waals surface area contributed by atoms with E-state index in [2.05, 4.69) is 11.9 Å². The molecule has 0 aromatic heterocycles. The third kappa shape index (κ3) is 5.50. The number of hydrogen-bond acceptors (Lipinski definition) is 4. The number of carbonyl (C=O) groups is 3. The number of hydrogen-bond donors (Lipinski definition) is 1. The molecule has 1 fully saturated rings. The van der Waals surface area contributed by atoms with Gasteiger partial charge in [0.2, 0.25) is 5.91 Å². The Labute approximate surface area is 215 Å². The number of benzene rings is 3. The Hall–Kier alpha value is -3.90. The Kier molecular flexibility index (Phi) is 7.86. The van der Waals surface area contributed by atoms with Crippen molar-refractivity contribution in [3.63, 3.8) is 0 Å². The number of nitrogens with zero attached hydrogens (tertiary/aromatic N) is 1. The minimum absolute atomic E-state index is 0.121. The van der Waals surface area contributed by atoms with Gasteiger partial charge >= 0.3 is 5.97 Å². The number of alkyl halides is 1. The van der Waals surface area contributed by atoms with E-state index in [0.29, 0.717) is 5.57 Å². The minimum atomic E-state index is -1.09. The summed E-state index contributed by atoms with van der Waals surface area (Å²) in [5.41, 5.74) is 1.90. The summed E-state index contributed by atoms with van der Waals surface area (Å²) >= 11 is 6.52. The van der Waals surface area contributed by atoms with Gasteiger partial charge in [0.05, 0.1) is 6.42 Å². The molecule has 1 aliphatic heterocycles. The molecule has 1 heterocycles. The molecule has 1 saturated heterocycles. The molecule has 36 heavy (non-hydrogen) atoms. The normalized spacial score (nSPS) is 17.8. The summed E-state index contributed by atoms with van der Waals surface area (Å²) in [6, 6.07) is 25.9. The SMILES string of the molecule is C=C(C)C(C(=O)OC(c1ccccc1)c1ccccc1)N1C(=O)C(NC(=O)Cc2ccccc2)C1Cl. The summed E-state index contributed by atoms with van der Waals surface area (Å²) < 4.78 is 5.96. The zero-order chi connectivity index (χ0) is 25.7. The summed E-state index contributed by atoms with van der Waals surface area (Å²) in [5.74, 6) is -1.43. The second-order valence-electron chi connectivity index (χ2n) is 8.71. The van der Waals surface area contributed by atoms with Crippen LogP contribution in [0.5, 0.6) is 0 Å². The number of nitrogens with one attached hydrogen (secondary N) is 1. The van der Waals surface area contributed by atoms with Crippen LogP contribution in [-0.4, -0.2) is 40.3 Å². The van der Waals surface area contributed by atoms with Gasteiger partial charge in [0, 0.05) is 0 Å². The van der Waals surface area contributed by atoms with Gasteiger partial charge in [-0.3, -0.25) is 9.59 Å². The topological polar surface area (TPSA) is 75.7 Å². The first-order valence-corrected chi connectivity index (χ1v) is 12.1. The highest BCUT2D eigenvalue weighted by atomic mass is 35.5. The Bertz CT molecular complexity index is 1190. The van der Waals surface area contributed by atoms with Gasteiger partial charge in [-0.1, -0.05) is 109 Å². The minimum Gasteiger partial charge on any atom is -0.451 e. The molecular formula is C29H27ClN2O4. The smallest absolute Gasteiger partial charge is 0.334 e. The van der Waals surface area contributed by atoms with Gasteiger partial charge in [0.1, 0.15) is 11.5 Å². The number of rotatable bonds is 9. The molecule has 184 valence electrons. The van der Waals surface area contributed by atoms with E-state index in [1.807, 2.05) is 91.0 Å². The second-order valence-corrected chi connectivity index (χ2v) is 9.16. The predicted octanol–water partition coefficient (Wildman–Crippen LogP) is 4.40. The summed E-state index contributed by atoms with van der Waals surface area (Å²) in [7, 11) is 0. The van der Waals surface area contributed by atoms with Gasteiger partial charge in [0.25, 0.3) is 5.91 Å². The first kappa shape index (κ1) is 25.2. The standard InChI is InChI=1S/C29H27ClN2O4/c1-19(2)25(29(35)36-26(21-14-8-4-9-15-21)22-16-10-5-11-17-22)32-27(30)24(28(32)34)31-23(33)18-20-12-6-3-7-13-20/h3-17,24-27H,1,18H2,2H3,(H,31,33). The summed E-state index contributed by atoms with van der Waals surface area (Å²) in [6.07, 6.45) is -0.552. The molecule has 3 unspecified atom stereocenters. The molecule has 3 aromatic carbocycles. The lowest BCUT2D eigenvalue weighted by molar-refractivity contribution is -0.165. The number of amides is 2. The molecule has 0 saturated carbocycles. The fraction of sp³-hybridized carbons (Fsp3) is 0.207. The largest absolute Gasteiger partial charge is 0.451 e. The molecule has 6 nitrogen and oxygen atoms in total. The second kappa shape index (κ2) is 11.2. The van der Waals surface area contributed by atoms with E-state index in [0.717, 1.165) is 16.7 Å². The van der Waals surface area contributed by atoms with Crippen LogP contribution in [0.2, 0.25) is 0 Å². The molecule has 1 N–H and O–H groups in total. The molecule has 3 atom stereocenters. The van der Waals surface area contributed by atoms with Gasteiger partial charge in [-0.15, -0.1) is 0 Å². The van der Waals surface area contributed by atoms with E-state index in [4.69, 9.17) is 16.3 Å². The summed E-state index contributed by atoms with van der Waals surface area (Å²) in [4.78, 5) is 40.1. The maximum absolute atomic E-state index is 13.4. The van der Waals surface area contributed by atoms with Crippen molar-refractivity contribution in [3.8, 4) is 0 Å². The van der Waals surface area contributed by atoms with Crippen molar-refractivity contribution in [1.29, 1.82) is 0 Å². The number of β-lactam (4-membered cyclic amide) rings is 1. The highest BCUT2D eigenvalue weighted by Gasteiger charge is 2.53. The van der Waals surface area contributed by atoms with Gasteiger partial charge in [-0.05, 0) is 29.2 Å². The maximum atomic E-state index is 13.4. The van der Waals surface area contributed by atoms with Crippen LogP contribution in [0.15, 0.2) is 103 Å². The van der Waals surface area contributed by atoms with E-state index in [9.17, 15) is 14.4 Å². The summed E-state index contributed by atoms with van der Waals surface area (Å²) in [6.45, 7) is 5.55. The van der Waals surface area contributed by atoms with Crippen molar-refractivity contribution in [3.05, 3.63) is 120 Å². The van der Waals surface area contributed by atoms with Gasteiger partial charge < -0.3 is 15.0 Å². The third-order valence-corrected chi connectivity index (χ3v) is 6.45. The van der Waals surface area contributed by atoms with Crippen LogP contribution in [0.4, 0.5) is 0 Å². The van der Waals surface area contributed by atoms with Crippen molar-refractivity contribution >= 4 is 29.4 Å². The zero-order valence-corrected chi connectivity index (χ0v) is 20.6. The summed E-state index contributed by atoms with van der Waals surface area (Å²) in [5, 5.41) is 2.68. The Morgan fingerprint density at radius 1 is 0.944 bits per heavy atom. The van der Waals surface area contributed by atoms with Crippen LogP contribution >= 0.6 is 11.6 Å². The van der Waals surface area contributed by atoms with Crippen molar-refractivity contribution in [2.45, 2.75) is 37.0 Å². The molecule has 0 spiro atoms. The van der Waals surface area contributed by atoms with Crippen LogP contribution in [0.1, 0.15) is 29.7 Å². The molecule has 3 aromatic rings. The van der Waals surface area contributed by atoms with Crippen molar-refractivity contribution in [2.75, 3.05) is 0 Å².